The molecule has 2 aliphatic carbocycles. The van der Waals surface area contributed by atoms with Gasteiger partial charge in [0.1, 0.15) is 0 Å². The van der Waals surface area contributed by atoms with E-state index in [4.69, 9.17) is 0 Å². The summed E-state index contributed by atoms with van der Waals surface area (Å²) in [5.74, 6) is 4.40. The normalized spacial score (nSPS) is 31.2. The summed E-state index contributed by atoms with van der Waals surface area (Å²) in [5, 5.41) is 0. The summed E-state index contributed by atoms with van der Waals surface area (Å²) < 4.78 is 0. The van der Waals surface area contributed by atoms with Crippen molar-refractivity contribution in [2.75, 3.05) is 0 Å². The van der Waals surface area contributed by atoms with Crippen molar-refractivity contribution in [2.45, 2.75) is 129 Å². The molecule has 142 valence electrons. The Bertz CT molecular complexity index is 278. The molecular formula is C24H46. The van der Waals surface area contributed by atoms with Gasteiger partial charge in [-0.15, -0.1) is 0 Å². The highest BCUT2D eigenvalue weighted by Gasteiger charge is 2.30. The molecule has 24 heavy (non-hydrogen) atoms. The fourth-order valence-electron chi connectivity index (χ4n) is 5.60. The van der Waals surface area contributed by atoms with E-state index in [9.17, 15) is 0 Å². The third-order valence-electron chi connectivity index (χ3n) is 7.38. The van der Waals surface area contributed by atoms with Crippen LogP contribution in [0.3, 0.4) is 0 Å². The van der Waals surface area contributed by atoms with Gasteiger partial charge < -0.3 is 0 Å². The summed E-state index contributed by atoms with van der Waals surface area (Å²) in [6.07, 6.45) is 27.3. The third-order valence-corrected chi connectivity index (χ3v) is 7.38. The molecule has 0 radical (unpaired) electrons. The maximum Gasteiger partial charge on any atom is -0.0386 e. The van der Waals surface area contributed by atoms with Gasteiger partial charge in [-0.3, -0.25) is 0 Å². The van der Waals surface area contributed by atoms with Crippen LogP contribution in [0.1, 0.15) is 129 Å². The summed E-state index contributed by atoms with van der Waals surface area (Å²) in [4.78, 5) is 0. The summed E-state index contributed by atoms with van der Waals surface area (Å²) >= 11 is 0. The Morgan fingerprint density at radius 2 is 0.875 bits per heavy atom. The van der Waals surface area contributed by atoms with Crippen molar-refractivity contribution in [2.24, 2.45) is 23.7 Å². The minimum absolute atomic E-state index is 1.09. The molecule has 0 nitrogen and oxygen atoms in total. The molecule has 0 aromatic carbocycles. The van der Waals surface area contributed by atoms with Gasteiger partial charge in [0.15, 0.2) is 0 Å². The van der Waals surface area contributed by atoms with E-state index in [2.05, 4.69) is 13.8 Å². The van der Waals surface area contributed by atoms with Gasteiger partial charge >= 0.3 is 0 Å². The van der Waals surface area contributed by atoms with E-state index >= 15 is 0 Å². The lowest BCUT2D eigenvalue weighted by molar-refractivity contribution is 0.139. The average molecular weight is 335 g/mol. The molecule has 0 aromatic rings. The Balaban J connectivity index is 1.52. The van der Waals surface area contributed by atoms with Crippen molar-refractivity contribution < 1.29 is 0 Å². The van der Waals surface area contributed by atoms with Crippen molar-refractivity contribution in [1.82, 2.24) is 0 Å². The van der Waals surface area contributed by atoms with Gasteiger partial charge in [0.25, 0.3) is 0 Å². The first-order valence-corrected chi connectivity index (χ1v) is 11.8. The molecule has 0 aromatic heterocycles. The summed E-state index contributed by atoms with van der Waals surface area (Å²) in [5.41, 5.74) is 0. The van der Waals surface area contributed by atoms with Gasteiger partial charge in [0.05, 0.1) is 0 Å². The van der Waals surface area contributed by atoms with Crippen LogP contribution in [0.15, 0.2) is 0 Å². The molecule has 0 amide bonds. The Hall–Kier alpha value is 0. The number of hydrogen-bond acceptors (Lipinski definition) is 0. The first kappa shape index (κ1) is 20.3. The van der Waals surface area contributed by atoms with Crippen LogP contribution < -0.4 is 0 Å². The molecule has 0 bridgehead atoms. The molecule has 0 atom stereocenters. The Morgan fingerprint density at radius 1 is 0.458 bits per heavy atom. The zero-order valence-electron chi connectivity index (χ0n) is 17.0. The maximum atomic E-state index is 2.34. The highest BCUT2D eigenvalue weighted by molar-refractivity contribution is 4.82. The van der Waals surface area contributed by atoms with Crippen molar-refractivity contribution in [3.8, 4) is 0 Å². The molecule has 0 heterocycles. The fourth-order valence-corrected chi connectivity index (χ4v) is 5.60. The molecule has 0 heteroatoms. The van der Waals surface area contributed by atoms with E-state index in [0.717, 1.165) is 23.7 Å². The molecule has 2 rings (SSSR count). The Labute approximate surface area is 153 Å². The number of hydrogen-bond donors (Lipinski definition) is 0. The van der Waals surface area contributed by atoms with Crippen LogP contribution in [0.5, 0.6) is 0 Å². The SMILES string of the molecule is CCCCCCCCC1CCC(C2CCC(CCCC)CC2)CC1. The second-order valence-electron chi connectivity index (χ2n) is 9.26. The molecule has 2 aliphatic rings. The van der Waals surface area contributed by atoms with Gasteiger partial charge in [-0.2, -0.15) is 0 Å². The smallest absolute Gasteiger partial charge is 0.0386 e. The van der Waals surface area contributed by atoms with Crippen LogP contribution in [0.25, 0.3) is 0 Å². The minimum Gasteiger partial charge on any atom is -0.0654 e. The Morgan fingerprint density at radius 3 is 1.38 bits per heavy atom. The van der Waals surface area contributed by atoms with E-state index in [0.29, 0.717) is 0 Å². The molecular weight excluding hydrogens is 288 g/mol. The highest BCUT2D eigenvalue weighted by Crippen LogP contribution is 2.43. The van der Waals surface area contributed by atoms with Crippen LogP contribution in [0.2, 0.25) is 0 Å². The first-order valence-electron chi connectivity index (χ1n) is 11.8. The molecule has 0 saturated heterocycles. The zero-order valence-corrected chi connectivity index (χ0v) is 17.0. The molecule has 0 spiro atoms. The topological polar surface area (TPSA) is 0 Å². The largest absolute Gasteiger partial charge is 0.0654 e. The summed E-state index contributed by atoms with van der Waals surface area (Å²) in [6.45, 7) is 4.66. The number of rotatable bonds is 11. The van der Waals surface area contributed by atoms with E-state index in [-0.39, 0.29) is 0 Å². The van der Waals surface area contributed by atoms with E-state index in [1.807, 2.05) is 0 Å². The second-order valence-corrected chi connectivity index (χ2v) is 9.26. The standard InChI is InChI=1S/C24H46/c1-3-5-7-8-9-10-12-22-15-19-24(20-16-22)23-17-13-21(14-18-23)11-6-4-2/h21-24H,3-20H2,1-2H3. The summed E-state index contributed by atoms with van der Waals surface area (Å²) in [7, 11) is 0. The van der Waals surface area contributed by atoms with Crippen molar-refractivity contribution >= 4 is 0 Å². The average Bonchev–Trinajstić information content (AvgIpc) is 2.64. The van der Waals surface area contributed by atoms with Crippen LogP contribution >= 0.6 is 0 Å². The highest BCUT2D eigenvalue weighted by atomic mass is 14.4. The first-order chi connectivity index (χ1) is 11.8. The lowest BCUT2D eigenvalue weighted by atomic mass is 9.68. The van der Waals surface area contributed by atoms with Gasteiger partial charge in [-0.05, 0) is 49.4 Å². The van der Waals surface area contributed by atoms with Gasteiger partial charge in [-0.25, -0.2) is 0 Å². The molecule has 0 unspecified atom stereocenters. The molecule has 0 aliphatic heterocycles. The van der Waals surface area contributed by atoms with Crippen LogP contribution in [-0.2, 0) is 0 Å². The van der Waals surface area contributed by atoms with Gasteiger partial charge in [-0.1, -0.05) is 104 Å². The van der Waals surface area contributed by atoms with Crippen LogP contribution in [-0.4, -0.2) is 0 Å². The van der Waals surface area contributed by atoms with Gasteiger partial charge in [0.2, 0.25) is 0 Å². The summed E-state index contributed by atoms with van der Waals surface area (Å²) in [6, 6.07) is 0. The predicted octanol–water partition coefficient (Wildman–Crippen LogP) is 8.54. The molecule has 2 fully saturated rings. The van der Waals surface area contributed by atoms with Crippen molar-refractivity contribution in [3.05, 3.63) is 0 Å². The molecule has 0 N–H and O–H groups in total. The zero-order chi connectivity index (χ0) is 17.0. The van der Waals surface area contributed by atoms with Crippen molar-refractivity contribution in [1.29, 1.82) is 0 Å². The van der Waals surface area contributed by atoms with E-state index in [1.165, 1.54) is 57.8 Å². The lowest BCUT2D eigenvalue weighted by Gasteiger charge is -2.38. The van der Waals surface area contributed by atoms with Gasteiger partial charge in [0, 0.05) is 0 Å². The lowest BCUT2D eigenvalue weighted by Crippen LogP contribution is -2.25. The number of unbranched alkanes of at least 4 members (excludes halogenated alkanes) is 6. The quantitative estimate of drug-likeness (QED) is 0.332. The second kappa shape index (κ2) is 12.4. The maximum absolute atomic E-state index is 2.34. The molecule has 2 saturated carbocycles. The fraction of sp³-hybridized carbons (Fsp3) is 1.00. The Kier molecular flexibility index (Phi) is 10.5. The monoisotopic (exact) mass is 334 g/mol. The van der Waals surface area contributed by atoms with E-state index in [1.54, 1.807) is 57.8 Å². The van der Waals surface area contributed by atoms with Crippen LogP contribution in [0.4, 0.5) is 0 Å². The van der Waals surface area contributed by atoms with Crippen LogP contribution in [0, 0.1) is 23.7 Å². The van der Waals surface area contributed by atoms with E-state index < -0.39 is 0 Å². The minimum atomic E-state index is 1.09. The van der Waals surface area contributed by atoms with Crippen molar-refractivity contribution in [3.63, 3.8) is 0 Å². The third kappa shape index (κ3) is 7.49. The predicted molar refractivity (Wildman–Crippen MR) is 108 cm³/mol.